The standard InChI is InChI=1S/C15H13FN4O2S/c1-11-3-4-12(9-13(11)16)23(21,22)19-14-10-17-7-5-15(14)20-8-2-6-18-20/h2-10,19H,1H3. The van der Waals surface area contributed by atoms with Crippen molar-refractivity contribution in [1.29, 1.82) is 0 Å². The van der Waals surface area contributed by atoms with Crippen LogP contribution in [0.4, 0.5) is 10.1 Å². The van der Waals surface area contributed by atoms with Gasteiger partial charge in [0.25, 0.3) is 10.0 Å². The number of rotatable bonds is 4. The number of sulfonamides is 1. The lowest BCUT2D eigenvalue weighted by atomic mass is 10.2. The number of hydrogen-bond donors (Lipinski definition) is 1. The zero-order valence-electron chi connectivity index (χ0n) is 12.1. The van der Waals surface area contributed by atoms with E-state index in [2.05, 4.69) is 14.8 Å². The maximum Gasteiger partial charge on any atom is 0.262 e. The Hall–Kier alpha value is -2.74. The minimum atomic E-state index is -3.94. The molecular formula is C15H13FN4O2S. The Labute approximate surface area is 132 Å². The predicted octanol–water partition coefficient (Wildman–Crippen LogP) is 2.52. The third kappa shape index (κ3) is 3.07. The van der Waals surface area contributed by atoms with Gasteiger partial charge in [0, 0.05) is 18.6 Å². The number of nitrogens with zero attached hydrogens (tertiary/aromatic N) is 3. The molecule has 2 aromatic heterocycles. The molecule has 0 saturated heterocycles. The number of anilines is 1. The van der Waals surface area contributed by atoms with E-state index in [1.165, 1.54) is 29.2 Å². The Bertz CT molecular complexity index is 940. The van der Waals surface area contributed by atoms with Crippen molar-refractivity contribution in [3.05, 3.63) is 66.5 Å². The monoisotopic (exact) mass is 332 g/mol. The lowest BCUT2D eigenvalue weighted by Gasteiger charge is -2.12. The molecule has 0 radical (unpaired) electrons. The first-order valence-electron chi connectivity index (χ1n) is 6.70. The van der Waals surface area contributed by atoms with Gasteiger partial charge >= 0.3 is 0 Å². The number of aryl methyl sites for hydroxylation is 1. The van der Waals surface area contributed by atoms with E-state index in [1.54, 1.807) is 31.5 Å². The molecule has 0 aliphatic heterocycles. The van der Waals surface area contributed by atoms with E-state index < -0.39 is 15.8 Å². The Balaban J connectivity index is 2.00. The van der Waals surface area contributed by atoms with Gasteiger partial charge in [0.15, 0.2) is 0 Å². The fourth-order valence-corrected chi connectivity index (χ4v) is 3.09. The quantitative estimate of drug-likeness (QED) is 0.796. The van der Waals surface area contributed by atoms with Crippen molar-refractivity contribution in [3.8, 4) is 5.69 Å². The summed E-state index contributed by atoms with van der Waals surface area (Å²) >= 11 is 0. The van der Waals surface area contributed by atoms with Crippen LogP contribution in [0.3, 0.4) is 0 Å². The highest BCUT2D eigenvalue weighted by Crippen LogP contribution is 2.22. The molecule has 8 heteroatoms. The molecule has 0 amide bonds. The second-order valence-corrected chi connectivity index (χ2v) is 6.54. The Morgan fingerprint density at radius 3 is 2.74 bits per heavy atom. The van der Waals surface area contributed by atoms with E-state index in [9.17, 15) is 12.8 Å². The van der Waals surface area contributed by atoms with Crippen LogP contribution >= 0.6 is 0 Å². The summed E-state index contributed by atoms with van der Waals surface area (Å²) in [6.07, 6.45) is 6.16. The van der Waals surface area contributed by atoms with Crippen LogP contribution in [0.1, 0.15) is 5.56 Å². The van der Waals surface area contributed by atoms with E-state index >= 15 is 0 Å². The third-order valence-electron chi connectivity index (χ3n) is 3.25. The molecule has 1 N–H and O–H groups in total. The Morgan fingerprint density at radius 1 is 1.22 bits per heavy atom. The van der Waals surface area contributed by atoms with Crippen molar-refractivity contribution in [1.82, 2.24) is 14.8 Å². The molecule has 23 heavy (non-hydrogen) atoms. The molecule has 2 heterocycles. The zero-order chi connectivity index (χ0) is 16.4. The molecule has 3 aromatic rings. The summed E-state index contributed by atoms with van der Waals surface area (Å²) in [6, 6.07) is 7.10. The van der Waals surface area contributed by atoms with E-state index in [4.69, 9.17) is 0 Å². The van der Waals surface area contributed by atoms with Gasteiger partial charge in [-0.1, -0.05) is 6.07 Å². The van der Waals surface area contributed by atoms with Gasteiger partial charge in [-0.25, -0.2) is 17.5 Å². The molecule has 0 atom stereocenters. The van der Waals surface area contributed by atoms with Gasteiger partial charge < -0.3 is 0 Å². The first-order chi connectivity index (χ1) is 11.0. The van der Waals surface area contributed by atoms with E-state index in [0.29, 0.717) is 11.3 Å². The summed E-state index contributed by atoms with van der Waals surface area (Å²) in [7, 11) is -3.94. The van der Waals surface area contributed by atoms with Crippen molar-refractivity contribution >= 4 is 15.7 Å². The van der Waals surface area contributed by atoms with Crippen molar-refractivity contribution in [2.75, 3.05) is 4.72 Å². The number of nitrogens with one attached hydrogen (secondary N) is 1. The Kier molecular flexibility index (Phi) is 3.83. The smallest absolute Gasteiger partial charge is 0.262 e. The van der Waals surface area contributed by atoms with Gasteiger partial charge in [-0.3, -0.25) is 9.71 Å². The summed E-state index contributed by atoms with van der Waals surface area (Å²) in [4.78, 5) is 3.77. The molecule has 0 aliphatic carbocycles. The third-order valence-corrected chi connectivity index (χ3v) is 4.61. The summed E-state index contributed by atoms with van der Waals surface area (Å²) in [5.41, 5.74) is 1.14. The lowest BCUT2D eigenvalue weighted by molar-refractivity contribution is 0.593. The van der Waals surface area contributed by atoms with Crippen molar-refractivity contribution in [2.45, 2.75) is 11.8 Å². The summed E-state index contributed by atoms with van der Waals surface area (Å²) < 4.78 is 42.5. The average molecular weight is 332 g/mol. The Morgan fingerprint density at radius 2 is 2.04 bits per heavy atom. The van der Waals surface area contributed by atoms with Crippen molar-refractivity contribution in [2.24, 2.45) is 0 Å². The maximum absolute atomic E-state index is 13.6. The molecule has 1 aromatic carbocycles. The molecule has 0 spiro atoms. The minimum absolute atomic E-state index is 0.157. The summed E-state index contributed by atoms with van der Waals surface area (Å²) in [5, 5.41) is 4.07. The normalized spacial score (nSPS) is 11.4. The fourth-order valence-electron chi connectivity index (χ4n) is 2.02. The van der Waals surface area contributed by atoms with Gasteiger partial charge in [0.1, 0.15) is 5.82 Å². The number of halogens is 1. The summed E-state index contributed by atoms with van der Waals surface area (Å²) in [5.74, 6) is -0.577. The van der Waals surface area contributed by atoms with Gasteiger partial charge in [-0.2, -0.15) is 5.10 Å². The zero-order valence-corrected chi connectivity index (χ0v) is 13.0. The first-order valence-corrected chi connectivity index (χ1v) is 8.19. The van der Waals surface area contributed by atoms with Gasteiger partial charge in [-0.05, 0) is 36.8 Å². The number of hydrogen-bond acceptors (Lipinski definition) is 4. The van der Waals surface area contributed by atoms with Crippen LogP contribution in [0.25, 0.3) is 5.69 Å². The van der Waals surface area contributed by atoms with E-state index in [1.807, 2.05) is 0 Å². The fraction of sp³-hybridized carbons (Fsp3) is 0.0667. The van der Waals surface area contributed by atoms with Gasteiger partial charge in [-0.15, -0.1) is 0 Å². The van der Waals surface area contributed by atoms with Crippen LogP contribution < -0.4 is 4.72 Å². The molecular weight excluding hydrogens is 319 g/mol. The predicted molar refractivity (Wildman–Crippen MR) is 83.3 cm³/mol. The van der Waals surface area contributed by atoms with Gasteiger partial charge in [0.05, 0.1) is 22.5 Å². The second kappa shape index (κ2) is 5.81. The highest BCUT2D eigenvalue weighted by molar-refractivity contribution is 7.92. The maximum atomic E-state index is 13.6. The average Bonchev–Trinajstić information content (AvgIpc) is 3.04. The number of aromatic nitrogens is 3. The second-order valence-electron chi connectivity index (χ2n) is 4.86. The SMILES string of the molecule is Cc1ccc(S(=O)(=O)Nc2cnccc2-n2cccn2)cc1F. The van der Waals surface area contributed by atoms with Crippen LogP contribution in [-0.2, 0) is 10.0 Å². The number of benzene rings is 1. The van der Waals surface area contributed by atoms with E-state index in [-0.39, 0.29) is 10.6 Å². The first kappa shape index (κ1) is 15.2. The lowest BCUT2D eigenvalue weighted by Crippen LogP contribution is -2.15. The largest absolute Gasteiger partial charge is 0.276 e. The number of pyridine rings is 1. The summed E-state index contributed by atoms with van der Waals surface area (Å²) in [6.45, 7) is 1.57. The van der Waals surface area contributed by atoms with Crippen LogP contribution in [0, 0.1) is 12.7 Å². The van der Waals surface area contributed by atoms with E-state index in [0.717, 1.165) is 6.07 Å². The van der Waals surface area contributed by atoms with Crippen LogP contribution in [-0.4, -0.2) is 23.2 Å². The van der Waals surface area contributed by atoms with Crippen LogP contribution in [0.15, 0.2) is 60.0 Å². The molecule has 0 unspecified atom stereocenters. The minimum Gasteiger partial charge on any atom is -0.276 e. The molecule has 0 saturated carbocycles. The highest BCUT2D eigenvalue weighted by atomic mass is 32.2. The van der Waals surface area contributed by atoms with Crippen molar-refractivity contribution in [3.63, 3.8) is 0 Å². The molecule has 0 aliphatic rings. The molecule has 0 fully saturated rings. The molecule has 3 rings (SSSR count). The topological polar surface area (TPSA) is 76.9 Å². The van der Waals surface area contributed by atoms with Crippen LogP contribution in [0.5, 0.6) is 0 Å². The molecule has 6 nitrogen and oxygen atoms in total. The molecule has 0 bridgehead atoms. The van der Waals surface area contributed by atoms with Crippen LogP contribution in [0.2, 0.25) is 0 Å². The molecule has 118 valence electrons. The highest BCUT2D eigenvalue weighted by Gasteiger charge is 2.18. The van der Waals surface area contributed by atoms with Crippen molar-refractivity contribution < 1.29 is 12.8 Å². The van der Waals surface area contributed by atoms with Gasteiger partial charge in [0.2, 0.25) is 0 Å².